The van der Waals surface area contributed by atoms with Gasteiger partial charge in [-0.3, -0.25) is 4.79 Å². The lowest BCUT2D eigenvalue weighted by molar-refractivity contribution is 0.116. The third kappa shape index (κ3) is 4.28. The summed E-state index contributed by atoms with van der Waals surface area (Å²) in [7, 11) is 3.92. The maximum atomic E-state index is 12.3. The molecule has 6 nitrogen and oxygen atoms in total. The summed E-state index contributed by atoms with van der Waals surface area (Å²) in [5, 5.41) is 17.5. The number of aromatic nitrogens is 2. The van der Waals surface area contributed by atoms with Crippen molar-refractivity contribution in [3.8, 4) is 0 Å². The van der Waals surface area contributed by atoms with Crippen molar-refractivity contribution in [2.24, 2.45) is 0 Å². The average molecular weight is 359 g/mol. The van der Waals surface area contributed by atoms with Crippen molar-refractivity contribution in [2.45, 2.75) is 44.4 Å². The van der Waals surface area contributed by atoms with Gasteiger partial charge in [0.2, 0.25) is 0 Å². The fourth-order valence-electron chi connectivity index (χ4n) is 2.50. The molecule has 1 aromatic heterocycles. The molecular formula is C14H23BrN4O2. The molecule has 1 aliphatic carbocycles. The standard InChI is InChI=1S/C14H23BrN4O2/c1-18(2)7-8-19-14(21)13(15)11(9-16-19)17-10-5-3-4-6-12(10)20/h9-10,12,17,20H,3-8H2,1-2H3. The molecule has 1 fully saturated rings. The monoisotopic (exact) mass is 358 g/mol. The Morgan fingerprint density at radius 3 is 2.86 bits per heavy atom. The summed E-state index contributed by atoms with van der Waals surface area (Å²) >= 11 is 3.35. The summed E-state index contributed by atoms with van der Waals surface area (Å²) in [5.74, 6) is 0. The van der Waals surface area contributed by atoms with Crippen LogP contribution in [0.15, 0.2) is 15.5 Å². The Morgan fingerprint density at radius 1 is 1.48 bits per heavy atom. The van der Waals surface area contributed by atoms with Crippen LogP contribution in [-0.2, 0) is 6.54 Å². The van der Waals surface area contributed by atoms with Gasteiger partial charge < -0.3 is 15.3 Å². The molecule has 0 saturated heterocycles. The van der Waals surface area contributed by atoms with Gasteiger partial charge in [-0.05, 0) is 42.9 Å². The molecule has 1 heterocycles. The first kappa shape index (κ1) is 16.5. The maximum absolute atomic E-state index is 12.3. The molecule has 2 unspecified atom stereocenters. The first-order valence-corrected chi connectivity index (χ1v) is 8.13. The van der Waals surface area contributed by atoms with Crippen LogP contribution in [0.25, 0.3) is 0 Å². The molecule has 0 radical (unpaired) electrons. The molecule has 2 rings (SSSR count). The second kappa shape index (κ2) is 7.38. The van der Waals surface area contributed by atoms with E-state index in [2.05, 4.69) is 26.3 Å². The molecule has 118 valence electrons. The number of rotatable bonds is 5. The molecule has 7 heteroatoms. The largest absolute Gasteiger partial charge is 0.391 e. The van der Waals surface area contributed by atoms with Gasteiger partial charge in [0.15, 0.2) is 0 Å². The van der Waals surface area contributed by atoms with E-state index in [9.17, 15) is 9.90 Å². The van der Waals surface area contributed by atoms with E-state index < -0.39 is 0 Å². The zero-order chi connectivity index (χ0) is 15.4. The molecule has 2 N–H and O–H groups in total. The molecule has 0 amide bonds. The van der Waals surface area contributed by atoms with Crippen molar-refractivity contribution >= 4 is 21.6 Å². The van der Waals surface area contributed by atoms with Crippen molar-refractivity contribution in [1.82, 2.24) is 14.7 Å². The van der Waals surface area contributed by atoms with Crippen molar-refractivity contribution in [3.05, 3.63) is 21.0 Å². The lowest BCUT2D eigenvalue weighted by atomic mass is 9.92. The highest BCUT2D eigenvalue weighted by atomic mass is 79.9. The second-order valence-electron chi connectivity index (χ2n) is 5.81. The van der Waals surface area contributed by atoms with E-state index in [1.807, 2.05) is 19.0 Å². The molecule has 1 aliphatic rings. The van der Waals surface area contributed by atoms with Gasteiger partial charge in [-0.25, -0.2) is 4.68 Å². The smallest absolute Gasteiger partial charge is 0.283 e. The predicted octanol–water partition coefficient (Wildman–Crippen LogP) is 1.28. The summed E-state index contributed by atoms with van der Waals surface area (Å²) in [6.45, 7) is 1.31. The summed E-state index contributed by atoms with van der Waals surface area (Å²) in [6.07, 6.45) is 5.18. The molecule has 2 atom stereocenters. The summed E-state index contributed by atoms with van der Waals surface area (Å²) < 4.78 is 1.93. The van der Waals surface area contributed by atoms with Gasteiger partial charge in [-0.2, -0.15) is 5.10 Å². The Bertz CT molecular complexity index is 532. The van der Waals surface area contributed by atoms with E-state index in [-0.39, 0.29) is 17.7 Å². The van der Waals surface area contributed by atoms with Gasteiger partial charge in [0, 0.05) is 6.54 Å². The van der Waals surface area contributed by atoms with Gasteiger partial charge >= 0.3 is 0 Å². The first-order valence-electron chi connectivity index (χ1n) is 7.34. The van der Waals surface area contributed by atoms with Gasteiger partial charge in [0.25, 0.3) is 5.56 Å². The summed E-state index contributed by atoms with van der Waals surface area (Å²) in [6, 6.07) is -0.00567. The van der Waals surface area contributed by atoms with Gasteiger partial charge in [-0.1, -0.05) is 12.8 Å². The quantitative estimate of drug-likeness (QED) is 0.829. The Hall–Kier alpha value is -0.920. The third-order valence-electron chi connectivity index (χ3n) is 3.81. The van der Waals surface area contributed by atoms with Crippen LogP contribution in [0.2, 0.25) is 0 Å². The lowest BCUT2D eigenvalue weighted by Crippen LogP contribution is -2.37. The van der Waals surface area contributed by atoms with E-state index in [4.69, 9.17) is 0 Å². The Kier molecular flexibility index (Phi) is 5.78. The minimum Gasteiger partial charge on any atom is -0.391 e. The van der Waals surface area contributed by atoms with Crippen LogP contribution in [0.1, 0.15) is 25.7 Å². The minimum absolute atomic E-state index is 0.00567. The first-order chi connectivity index (χ1) is 9.99. The van der Waals surface area contributed by atoms with Gasteiger partial charge in [-0.15, -0.1) is 0 Å². The highest BCUT2D eigenvalue weighted by molar-refractivity contribution is 9.10. The van der Waals surface area contributed by atoms with Crippen molar-refractivity contribution < 1.29 is 5.11 Å². The molecular weight excluding hydrogens is 336 g/mol. The normalized spacial score (nSPS) is 22.5. The van der Waals surface area contributed by atoms with Gasteiger partial charge in [0.05, 0.1) is 30.6 Å². The molecule has 1 aromatic rings. The zero-order valence-electron chi connectivity index (χ0n) is 12.5. The van der Waals surface area contributed by atoms with Crippen LogP contribution >= 0.6 is 15.9 Å². The number of likely N-dealkylation sites (N-methyl/N-ethyl adjacent to an activating group) is 1. The number of aliphatic hydroxyl groups excluding tert-OH is 1. The average Bonchev–Trinajstić information content (AvgIpc) is 2.45. The number of nitrogens with zero attached hydrogens (tertiary/aromatic N) is 3. The van der Waals surface area contributed by atoms with Crippen molar-refractivity contribution in [3.63, 3.8) is 0 Å². The SMILES string of the molecule is CN(C)CCn1ncc(NC2CCCCC2O)c(Br)c1=O. The second-order valence-corrected chi connectivity index (χ2v) is 6.60. The summed E-state index contributed by atoms with van der Waals surface area (Å²) in [4.78, 5) is 14.3. The van der Waals surface area contributed by atoms with E-state index in [1.165, 1.54) is 4.68 Å². The molecule has 0 aromatic carbocycles. The number of halogens is 1. The topological polar surface area (TPSA) is 70.4 Å². The Morgan fingerprint density at radius 2 is 2.19 bits per heavy atom. The van der Waals surface area contributed by atoms with Crippen LogP contribution in [0.5, 0.6) is 0 Å². The molecule has 0 aliphatic heterocycles. The predicted molar refractivity (Wildman–Crippen MR) is 86.6 cm³/mol. The summed E-state index contributed by atoms with van der Waals surface area (Å²) in [5.41, 5.74) is 0.513. The highest BCUT2D eigenvalue weighted by Gasteiger charge is 2.24. The molecule has 0 spiro atoms. The zero-order valence-corrected chi connectivity index (χ0v) is 14.1. The van der Waals surface area contributed by atoms with Crippen LogP contribution < -0.4 is 10.9 Å². The van der Waals surface area contributed by atoms with Crippen molar-refractivity contribution in [1.29, 1.82) is 0 Å². The van der Waals surface area contributed by atoms with E-state index in [0.29, 0.717) is 16.7 Å². The number of anilines is 1. The number of hydrogen-bond donors (Lipinski definition) is 2. The fourth-order valence-corrected chi connectivity index (χ4v) is 2.92. The lowest BCUT2D eigenvalue weighted by Gasteiger charge is -2.29. The number of aliphatic hydroxyl groups is 1. The van der Waals surface area contributed by atoms with Gasteiger partial charge in [0.1, 0.15) is 4.47 Å². The van der Waals surface area contributed by atoms with Crippen LogP contribution in [0.3, 0.4) is 0 Å². The maximum Gasteiger partial charge on any atom is 0.283 e. The molecule has 21 heavy (non-hydrogen) atoms. The van der Waals surface area contributed by atoms with E-state index in [0.717, 1.165) is 32.2 Å². The van der Waals surface area contributed by atoms with E-state index in [1.54, 1.807) is 6.20 Å². The van der Waals surface area contributed by atoms with Crippen molar-refractivity contribution in [2.75, 3.05) is 26.0 Å². The Balaban J connectivity index is 2.11. The Labute approximate surface area is 133 Å². The fraction of sp³-hybridized carbons (Fsp3) is 0.714. The number of nitrogens with one attached hydrogen (secondary N) is 1. The van der Waals surface area contributed by atoms with Crippen LogP contribution in [-0.4, -0.2) is 52.6 Å². The van der Waals surface area contributed by atoms with Crippen LogP contribution in [0, 0.1) is 0 Å². The van der Waals surface area contributed by atoms with E-state index >= 15 is 0 Å². The minimum atomic E-state index is -0.359. The number of hydrogen-bond acceptors (Lipinski definition) is 5. The third-order valence-corrected chi connectivity index (χ3v) is 4.58. The molecule has 0 bridgehead atoms. The van der Waals surface area contributed by atoms with Crippen LogP contribution in [0.4, 0.5) is 5.69 Å². The highest BCUT2D eigenvalue weighted by Crippen LogP contribution is 2.24. The molecule has 1 saturated carbocycles.